The summed E-state index contributed by atoms with van der Waals surface area (Å²) in [6, 6.07) is 15.2. The van der Waals surface area contributed by atoms with Gasteiger partial charge in [-0.15, -0.1) is 0 Å². The van der Waals surface area contributed by atoms with Gasteiger partial charge in [0.1, 0.15) is 17.9 Å². The number of fused-ring (bicyclic) bond motifs is 1. The van der Waals surface area contributed by atoms with Gasteiger partial charge in [-0.2, -0.15) is 5.10 Å². The number of hydrogen-bond acceptors (Lipinski definition) is 5. The molecule has 1 N–H and O–H groups in total. The first-order valence-electron chi connectivity index (χ1n) is 8.19. The molecule has 0 unspecified atom stereocenters. The number of nitrogens with zero attached hydrogens (tertiary/aromatic N) is 4. The molecule has 26 heavy (non-hydrogen) atoms. The second-order valence-electron chi connectivity index (χ2n) is 5.58. The van der Waals surface area contributed by atoms with Gasteiger partial charge in [-0.1, -0.05) is 17.7 Å². The third-order valence-corrected chi connectivity index (χ3v) is 4.10. The molecule has 0 amide bonds. The second-order valence-corrected chi connectivity index (χ2v) is 6.01. The minimum atomic E-state index is 0.620. The fourth-order valence-electron chi connectivity index (χ4n) is 2.68. The predicted octanol–water partition coefficient (Wildman–Crippen LogP) is 4.61. The summed E-state index contributed by atoms with van der Waals surface area (Å²) >= 11 is 5.97. The average molecular weight is 366 g/mol. The molecule has 2 heterocycles. The number of rotatable bonds is 5. The van der Waals surface area contributed by atoms with E-state index in [1.807, 2.05) is 55.5 Å². The summed E-state index contributed by atoms with van der Waals surface area (Å²) in [5.74, 6) is 1.49. The zero-order chi connectivity index (χ0) is 17.9. The Morgan fingerprint density at radius 3 is 2.77 bits per heavy atom. The van der Waals surface area contributed by atoms with Crippen molar-refractivity contribution < 1.29 is 4.74 Å². The average Bonchev–Trinajstić information content (AvgIpc) is 3.08. The van der Waals surface area contributed by atoms with Gasteiger partial charge in [-0.05, 0) is 43.3 Å². The van der Waals surface area contributed by atoms with Gasteiger partial charge in [0.15, 0.2) is 5.65 Å². The predicted molar refractivity (Wildman–Crippen MR) is 103 cm³/mol. The first kappa shape index (κ1) is 16.4. The van der Waals surface area contributed by atoms with Gasteiger partial charge in [-0.3, -0.25) is 0 Å². The fraction of sp³-hybridized carbons (Fsp3) is 0.105. The molecular formula is C19H16ClN5O. The van der Waals surface area contributed by atoms with Gasteiger partial charge in [0.05, 0.1) is 23.9 Å². The van der Waals surface area contributed by atoms with E-state index >= 15 is 0 Å². The Kier molecular flexibility index (Phi) is 4.41. The van der Waals surface area contributed by atoms with E-state index in [9.17, 15) is 0 Å². The molecule has 4 rings (SSSR count). The normalized spacial score (nSPS) is 10.8. The summed E-state index contributed by atoms with van der Waals surface area (Å²) in [6.45, 7) is 2.58. The zero-order valence-electron chi connectivity index (χ0n) is 14.1. The van der Waals surface area contributed by atoms with Crippen molar-refractivity contribution in [1.82, 2.24) is 19.7 Å². The van der Waals surface area contributed by atoms with E-state index in [-0.39, 0.29) is 0 Å². The Balaban J connectivity index is 1.71. The van der Waals surface area contributed by atoms with Gasteiger partial charge in [-0.25, -0.2) is 14.6 Å². The van der Waals surface area contributed by atoms with Crippen LogP contribution in [0, 0.1) is 0 Å². The van der Waals surface area contributed by atoms with E-state index < -0.39 is 0 Å². The number of halogens is 1. The lowest BCUT2D eigenvalue weighted by Gasteiger charge is -2.09. The van der Waals surface area contributed by atoms with Crippen LogP contribution < -0.4 is 10.1 Å². The highest BCUT2D eigenvalue weighted by molar-refractivity contribution is 6.30. The van der Waals surface area contributed by atoms with Crippen LogP contribution in [-0.4, -0.2) is 26.4 Å². The van der Waals surface area contributed by atoms with Crippen LogP contribution in [0.1, 0.15) is 6.92 Å². The van der Waals surface area contributed by atoms with Crippen molar-refractivity contribution >= 4 is 34.1 Å². The standard InChI is InChI=1S/C19H16ClN5O/c1-2-26-16-5-3-4-14(10-16)24-18-17-11-23-25(19(17)22-12-21-18)15-8-6-13(20)7-9-15/h3-12H,2H2,1H3,(H,21,22,24). The Labute approximate surface area is 155 Å². The van der Waals surface area contributed by atoms with Crippen molar-refractivity contribution in [2.45, 2.75) is 6.92 Å². The van der Waals surface area contributed by atoms with Crippen LogP contribution in [0.3, 0.4) is 0 Å². The second kappa shape index (κ2) is 7.01. The van der Waals surface area contributed by atoms with Crippen molar-refractivity contribution in [3.05, 3.63) is 66.1 Å². The van der Waals surface area contributed by atoms with Crippen molar-refractivity contribution in [2.75, 3.05) is 11.9 Å². The number of anilines is 2. The number of benzene rings is 2. The smallest absolute Gasteiger partial charge is 0.168 e. The van der Waals surface area contributed by atoms with Crippen LogP contribution in [0.15, 0.2) is 61.1 Å². The van der Waals surface area contributed by atoms with Crippen molar-refractivity contribution in [3.8, 4) is 11.4 Å². The molecule has 7 heteroatoms. The van der Waals surface area contributed by atoms with Crippen molar-refractivity contribution in [2.24, 2.45) is 0 Å². The molecular weight excluding hydrogens is 350 g/mol. The summed E-state index contributed by atoms with van der Waals surface area (Å²) in [6.07, 6.45) is 3.27. The Hall–Kier alpha value is -3.12. The van der Waals surface area contributed by atoms with Crippen molar-refractivity contribution in [3.63, 3.8) is 0 Å². The summed E-state index contributed by atoms with van der Waals surface area (Å²) < 4.78 is 7.30. The van der Waals surface area contributed by atoms with Gasteiger partial charge < -0.3 is 10.1 Å². The Morgan fingerprint density at radius 2 is 1.96 bits per heavy atom. The molecule has 130 valence electrons. The van der Waals surface area contributed by atoms with Crippen LogP contribution in [0.2, 0.25) is 5.02 Å². The molecule has 0 saturated heterocycles. The maximum Gasteiger partial charge on any atom is 0.168 e. The minimum absolute atomic E-state index is 0.620. The van der Waals surface area contributed by atoms with Crippen LogP contribution >= 0.6 is 11.6 Å². The van der Waals surface area contributed by atoms with Crippen LogP contribution in [-0.2, 0) is 0 Å². The molecule has 0 spiro atoms. The number of ether oxygens (including phenoxy) is 1. The third-order valence-electron chi connectivity index (χ3n) is 3.84. The SMILES string of the molecule is CCOc1cccc(Nc2ncnc3c2cnn3-c2ccc(Cl)cc2)c1. The van der Waals surface area contributed by atoms with E-state index in [4.69, 9.17) is 16.3 Å². The highest BCUT2D eigenvalue weighted by Gasteiger charge is 2.11. The monoisotopic (exact) mass is 365 g/mol. The molecule has 0 fully saturated rings. The van der Waals surface area contributed by atoms with Crippen molar-refractivity contribution in [1.29, 1.82) is 0 Å². The minimum Gasteiger partial charge on any atom is -0.494 e. The molecule has 0 bridgehead atoms. The molecule has 6 nitrogen and oxygen atoms in total. The first-order valence-corrected chi connectivity index (χ1v) is 8.57. The third kappa shape index (κ3) is 3.19. The lowest BCUT2D eigenvalue weighted by Crippen LogP contribution is -1.99. The molecule has 2 aromatic carbocycles. The molecule has 0 radical (unpaired) electrons. The summed E-state index contributed by atoms with van der Waals surface area (Å²) in [5, 5.41) is 9.27. The van der Waals surface area contributed by atoms with E-state index in [0.29, 0.717) is 23.1 Å². The summed E-state index contributed by atoms with van der Waals surface area (Å²) in [4.78, 5) is 8.74. The first-order chi connectivity index (χ1) is 12.7. The molecule has 0 aliphatic rings. The lowest BCUT2D eigenvalue weighted by atomic mass is 10.3. The Bertz CT molecular complexity index is 1050. The van der Waals surface area contributed by atoms with Crippen LogP contribution in [0.5, 0.6) is 5.75 Å². The fourth-order valence-corrected chi connectivity index (χ4v) is 2.81. The maximum absolute atomic E-state index is 5.97. The molecule has 4 aromatic rings. The molecule has 0 aliphatic heterocycles. The quantitative estimate of drug-likeness (QED) is 0.559. The summed E-state index contributed by atoms with van der Waals surface area (Å²) in [5.41, 5.74) is 2.48. The molecule has 0 aliphatic carbocycles. The van der Waals surface area contributed by atoms with Crippen LogP contribution in [0.25, 0.3) is 16.7 Å². The van der Waals surface area contributed by atoms with E-state index in [2.05, 4.69) is 20.4 Å². The molecule has 2 aromatic heterocycles. The van der Waals surface area contributed by atoms with E-state index in [0.717, 1.165) is 22.5 Å². The number of nitrogens with one attached hydrogen (secondary N) is 1. The topological polar surface area (TPSA) is 64.9 Å². The highest BCUT2D eigenvalue weighted by Crippen LogP contribution is 2.26. The number of aromatic nitrogens is 4. The largest absolute Gasteiger partial charge is 0.494 e. The van der Waals surface area contributed by atoms with Gasteiger partial charge in [0, 0.05) is 16.8 Å². The van der Waals surface area contributed by atoms with Gasteiger partial charge in [0.2, 0.25) is 0 Å². The van der Waals surface area contributed by atoms with Gasteiger partial charge in [0.25, 0.3) is 0 Å². The van der Waals surface area contributed by atoms with Gasteiger partial charge >= 0.3 is 0 Å². The number of hydrogen-bond donors (Lipinski definition) is 1. The zero-order valence-corrected chi connectivity index (χ0v) is 14.8. The lowest BCUT2D eigenvalue weighted by molar-refractivity contribution is 0.340. The Morgan fingerprint density at radius 1 is 1.12 bits per heavy atom. The van der Waals surface area contributed by atoms with E-state index in [1.54, 1.807) is 10.9 Å². The maximum atomic E-state index is 5.97. The molecule has 0 saturated carbocycles. The molecule has 0 atom stereocenters. The highest BCUT2D eigenvalue weighted by atomic mass is 35.5. The van der Waals surface area contributed by atoms with E-state index in [1.165, 1.54) is 6.33 Å². The van der Waals surface area contributed by atoms with Crippen LogP contribution in [0.4, 0.5) is 11.5 Å². The summed E-state index contributed by atoms with van der Waals surface area (Å²) in [7, 11) is 0.